The number of aryl methyl sites for hydroxylation is 1. The molecule has 0 spiro atoms. The first kappa shape index (κ1) is 20.6. The monoisotopic (exact) mass is 424 g/mol. The highest BCUT2D eigenvalue weighted by Crippen LogP contribution is 2.21. The summed E-state index contributed by atoms with van der Waals surface area (Å²) in [6.45, 7) is 6.75. The van der Waals surface area contributed by atoms with Crippen molar-refractivity contribution >= 4 is 23.4 Å². The zero-order valence-corrected chi connectivity index (χ0v) is 18.0. The summed E-state index contributed by atoms with van der Waals surface area (Å²) in [7, 11) is 0. The van der Waals surface area contributed by atoms with Gasteiger partial charge in [0.2, 0.25) is 0 Å². The molecule has 0 saturated carbocycles. The summed E-state index contributed by atoms with van der Waals surface area (Å²) >= 11 is 2.00. The van der Waals surface area contributed by atoms with Crippen molar-refractivity contribution < 1.29 is 9.18 Å². The van der Waals surface area contributed by atoms with Gasteiger partial charge in [0.1, 0.15) is 5.82 Å². The molecule has 7 heteroatoms. The molecule has 1 fully saturated rings. The summed E-state index contributed by atoms with van der Waals surface area (Å²) in [5.41, 5.74) is 4.58. The average molecular weight is 425 g/mol. The van der Waals surface area contributed by atoms with Crippen LogP contribution in [0.25, 0.3) is 5.69 Å². The fraction of sp³-hybridized carbons (Fsp3) is 0.304. The molecular weight excluding hydrogens is 399 g/mol. The Morgan fingerprint density at radius 2 is 1.87 bits per heavy atom. The van der Waals surface area contributed by atoms with Gasteiger partial charge in [-0.2, -0.15) is 16.9 Å². The quantitative estimate of drug-likeness (QED) is 0.658. The summed E-state index contributed by atoms with van der Waals surface area (Å²) in [6.07, 6.45) is 0. The predicted octanol–water partition coefficient (Wildman–Crippen LogP) is 4.43. The van der Waals surface area contributed by atoms with Gasteiger partial charge in [0.25, 0.3) is 5.91 Å². The first-order chi connectivity index (χ1) is 14.5. The molecule has 1 amide bonds. The molecule has 3 aromatic rings. The Labute approximate surface area is 180 Å². The van der Waals surface area contributed by atoms with E-state index in [-0.39, 0.29) is 11.7 Å². The molecule has 1 aliphatic heterocycles. The second-order valence-electron chi connectivity index (χ2n) is 7.48. The molecule has 2 aromatic carbocycles. The fourth-order valence-electron chi connectivity index (χ4n) is 3.76. The van der Waals surface area contributed by atoms with Crippen molar-refractivity contribution in [2.45, 2.75) is 20.4 Å². The van der Waals surface area contributed by atoms with Gasteiger partial charge in [-0.15, -0.1) is 0 Å². The maximum absolute atomic E-state index is 13.2. The van der Waals surface area contributed by atoms with Crippen LogP contribution in [0.5, 0.6) is 0 Å². The number of hydrogen-bond donors (Lipinski definition) is 1. The van der Waals surface area contributed by atoms with Crippen LogP contribution >= 0.6 is 11.8 Å². The molecule has 0 aliphatic carbocycles. The minimum absolute atomic E-state index is 0.190. The number of carbonyl (C=O) groups excluding carboxylic acids is 1. The number of amides is 1. The van der Waals surface area contributed by atoms with Crippen LogP contribution in [-0.2, 0) is 6.54 Å². The number of anilines is 1. The molecular formula is C23H25FN4OS. The first-order valence-corrected chi connectivity index (χ1v) is 11.2. The largest absolute Gasteiger partial charge is 0.322 e. The Balaban J connectivity index is 1.51. The number of hydrogen-bond acceptors (Lipinski definition) is 4. The molecule has 0 radical (unpaired) electrons. The number of nitrogens with one attached hydrogen (secondary N) is 1. The van der Waals surface area contributed by atoms with E-state index in [1.54, 1.807) is 16.8 Å². The van der Waals surface area contributed by atoms with Crippen molar-refractivity contribution in [3.8, 4) is 5.69 Å². The van der Waals surface area contributed by atoms with Crippen LogP contribution in [0.2, 0.25) is 0 Å². The standard InChI is InChI=1S/C23H25FN4OS/c1-16-22(17(2)28(26-16)21-8-6-19(24)7-9-21)23(29)25-20-5-3-4-18(14-20)15-27-10-12-30-13-11-27/h3-9,14H,10-13,15H2,1-2H3,(H,25,29). The summed E-state index contributed by atoms with van der Waals surface area (Å²) in [4.78, 5) is 15.5. The Morgan fingerprint density at radius 3 is 2.60 bits per heavy atom. The van der Waals surface area contributed by atoms with E-state index in [1.807, 2.05) is 43.8 Å². The molecule has 156 valence electrons. The average Bonchev–Trinajstić information content (AvgIpc) is 3.03. The first-order valence-electron chi connectivity index (χ1n) is 10.0. The number of aromatic nitrogens is 2. The third-order valence-electron chi connectivity index (χ3n) is 5.28. The topological polar surface area (TPSA) is 50.2 Å². The minimum Gasteiger partial charge on any atom is -0.322 e. The molecule has 4 rings (SSSR count). The molecule has 0 bridgehead atoms. The maximum Gasteiger partial charge on any atom is 0.259 e. The molecule has 30 heavy (non-hydrogen) atoms. The third kappa shape index (κ3) is 4.57. The molecule has 1 N–H and O–H groups in total. The number of thioether (sulfide) groups is 1. The van der Waals surface area contributed by atoms with E-state index in [2.05, 4.69) is 21.4 Å². The number of rotatable bonds is 5. The van der Waals surface area contributed by atoms with Crippen LogP contribution in [0.4, 0.5) is 10.1 Å². The SMILES string of the molecule is Cc1nn(-c2ccc(F)cc2)c(C)c1C(=O)Nc1cccc(CN2CCSCC2)c1. The van der Waals surface area contributed by atoms with E-state index in [4.69, 9.17) is 0 Å². The van der Waals surface area contributed by atoms with Crippen molar-refractivity contribution in [3.63, 3.8) is 0 Å². The summed E-state index contributed by atoms with van der Waals surface area (Å²) in [5, 5.41) is 7.51. The lowest BCUT2D eigenvalue weighted by Crippen LogP contribution is -2.31. The highest BCUT2D eigenvalue weighted by Gasteiger charge is 2.20. The molecule has 0 unspecified atom stereocenters. The fourth-order valence-corrected chi connectivity index (χ4v) is 4.74. The zero-order chi connectivity index (χ0) is 21.1. The van der Waals surface area contributed by atoms with Crippen LogP contribution in [0.15, 0.2) is 48.5 Å². The second-order valence-corrected chi connectivity index (χ2v) is 8.70. The molecule has 2 heterocycles. The number of benzene rings is 2. The van der Waals surface area contributed by atoms with Crippen LogP contribution in [0.1, 0.15) is 27.3 Å². The van der Waals surface area contributed by atoms with Gasteiger partial charge < -0.3 is 5.32 Å². The van der Waals surface area contributed by atoms with Gasteiger partial charge in [0.05, 0.1) is 22.6 Å². The number of carbonyl (C=O) groups is 1. The van der Waals surface area contributed by atoms with E-state index in [1.165, 1.54) is 29.2 Å². The van der Waals surface area contributed by atoms with Crippen molar-refractivity contribution in [2.24, 2.45) is 0 Å². The summed E-state index contributed by atoms with van der Waals surface area (Å²) < 4.78 is 14.9. The van der Waals surface area contributed by atoms with E-state index in [9.17, 15) is 9.18 Å². The van der Waals surface area contributed by atoms with E-state index < -0.39 is 0 Å². The lowest BCUT2D eigenvalue weighted by molar-refractivity contribution is 0.102. The van der Waals surface area contributed by atoms with Crippen molar-refractivity contribution in [2.75, 3.05) is 29.9 Å². The van der Waals surface area contributed by atoms with Gasteiger partial charge >= 0.3 is 0 Å². The molecule has 0 atom stereocenters. The minimum atomic E-state index is -0.304. The summed E-state index contributed by atoms with van der Waals surface area (Å²) in [5.74, 6) is 1.85. The Hall–Kier alpha value is -2.64. The highest BCUT2D eigenvalue weighted by atomic mass is 32.2. The third-order valence-corrected chi connectivity index (χ3v) is 6.23. The van der Waals surface area contributed by atoms with Crippen LogP contribution in [0, 0.1) is 19.7 Å². The van der Waals surface area contributed by atoms with Gasteiger partial charge in [-0.3, -0.25) is 9.69 Å². The van der Waals surface area contributed by atoms with E-state index >= 15 is 0 Å². The van der Waals surface area contributed by atoms with Gasteiger partial charge in [-0.05, 0) is 55.8 Å². The summed E-state index contributed by atoms with van der Waals surface area (Å²) in [6, 6.07) is 14.1. The van der Waals surface area contributed by atoms with Crippen LogP contribution < -0.4 is 5.32 Å². The predicted molar refractivity (Wildman–Crippen MR) is 120 cm³/mol. The van der Waals surface area contributed by atoms with Crippen molar-refractivity contribution in [1.29, 1.82) is 0 Å². The second kappa shape index (κ2) is 9.02. The Kier molecular flexibility index (Phi) is 6.20. The van der Waals surface area contributed by atoms with Crippen molar-refractivity contribution in [3.05, 3.63) is 76.9 Å². The zero-order valence-electron chi connectivity index (χ0n) is 17.2. The van der Waals surface area contributed by atoms with Gasteiger partial charge in [0, 0.05) is 36.8 Å². The van der Waals surface area contributed by atoms with Crippen LogP contribution in [-0.4, -0.2) is 45.2 Å². The van der Waals surface area contributed by atoms with Crippen LogP contribution in [0.3, 0.4) is 0 Å². The Bertz CT molecular complexity index is 1040. The number of halogens is 1. The lowest BCUT2D eigenvalue weighted by atomic mass is 10.1. The van der Waals surface area contributed by atoms with Gasteiger partial charge in [-0.25, -0.2) is 9.07 Å². The lowest BCUT2D eigenvalue weighted by Gasteiger charge is -2.26. The van der Waals surface area contributed by atoms with Crippen molar-refractivity contribution in [1.82, 2.24) is 14.7 Å². The number of nitrogens with zero attached hydrogens (tertiary/aromatic N) is 3. The maximum atomic E-state index is 13.2. The van der Waals surface area contributed by atoms with Gasteiger partial charge in [0.15, 0.2) is 0 Å². The molecule has 1 aliphatic rings. The highest BCUT2D eigenvalue weighted by molar-refractivity contribution is 7.99. The normalized spacial score (nSPS) is 14.6. The molecule has 5 nitrogen and oxygen atoms in total. The van der Waals surface area contributed by atoms with Gasteiger partial charge in [-0.1, -0.05) is 12.1 Å². The van der Waals surface area contributed by atoms with E-state index in [0.29, 0.717) is 11.3 Å². The van der Waals surface area contributed by atoms with E-state index in [0.717, 1.165) is 36.7 Å². The molecule has 1 aromatic heterocycles. The Morgan fingerprint density at radius 1 is 1.13 bits per heavy atom. The smallest absolute Gasteiger partial charge is 0.259 e. The molecule has 1 saturated heterocycles.